The van der Waals surface area contributed by atoms with Crippen LogP contribution in [0.25, 0.3) is 0 Å². The Morgan fingerprint density at radius 2 is 0.800 bits per heavy atom. The van der Waals surface area contributed by atoms with Crippen molar-refractivity contribution in [1.82, 2.24) is 0 Å². The molecule has 0 atom stereocenters. The second-order valence-corrected chi connectivity index (χ2v) is 10.2. The molecule has 0 spiro atoms. The van der Waals surface area contributed by atoms with Gasteiger partial charge in [0.05, 0.1) is 56.4 Å². The van der Waals surface area contributed by atoms with Crippen LogP contribution >= 0.6 is 9.82 Å². The molecule has 0 saturated carbocycles. The summed E-state index contributed by atoms with van der Waals surface area (Å²) in [7, 11) is 20.3. The minimum atomic E-state index is -5.19. The van der Waals surface area contributed by atoms with E-state index in [1.807, 2.05) is 0 Å². The number of hydrogen-bond acceptors (Lipinski definition) is 4. The summed E-state index contributed by atoms with van der Waals surface area (Å²) >= 11 is -5.19. The van der Waals surface area contributed by atoms with E-state index in [0.29, 0.717) is 0 Å². The zero-order valence-electron chi connectivity index (χ0n) is 10.9. The van der Waals surface area contributed by atoms with Crippen molar-refractivity contribution in [2.24, 2.45) is 0 Å². The summed E-state index contributed by atoms with van der Waals surface area (Å²) in [5.41, 5.74) is 0. The van der Waals surface area contributed by atoms with Gasteiger partial charge in [0.15, 0.2) is 0 Å². The van der Waals surface area contributed by atoms with Gasteiger partial charge in [-0.2, -0.15) is 0 Å². The van der Waals surface area contributed by atoms with Gasteiger partial charge in [-0.15, -0.1) is 0 Å². The van der Waals surface area contributed by atoms with E-state index < -0.39 is 15.0 Å². The van der Waals surface area contributed by atoms with Crippen LogP contribution in [0.3, 0.4) is 0 Å². The molecule has 0 N–H and O–H groups in total. The summed E-state index contributed by atoms with van der Waals surface area (Å²) in [6, 6.07) is 0. The molecule has 0 aliphatic heterocycles. The maximum absolute atomic E-state index is 9.00. The monoisotopic (exact) mass is 326 g/mol. The van der Waals surface area contributed by atoms with Crippen molar-refractivity contribution in [3.63, 3.8) is 0 Å². The molecule has 0 radical (unpaired) electrons. The molecule has 96 valence electrons. The molecular formula is C8H24MoN2O3S. The molecule has 0 aliphatic carbocycles. The van der Waals surface area contributed by atoms with Crippen LogP contribution in [0.2, 0.25) is 0 Å². The van der Waals surface area contributed by atoms with Crippen LogP contribution in [-0.2, 0) is 18.4 Å². The van der Waals surface area contributed by atoms with Gasteiger partial charge in [0.2, 0.25) is 0 Å². The number of hydrogen-bond donors (Lipinski definition) is 0. The zero-order valence-corrected chi connectivity index (χ0v) is 13.8. The molecular weight excluding hydrogens is 300 g/mol. The van der Waals surface area contributed by atoms with Crippen molar-refractivity contribution in [2.45, 2.75) is 0 Å². The third kappa shape index (κ3) is 7620. The van der Waals surface area contributed by atoms with Gasteiger partial charge in [0, 0.05) is 0 Å². The molecule has 0 aromatic carbocycles. The van der Waals surface area contributed by atoms with Crippen LogP contribution in [-0.4, -0.2) is 65.3 Å². The molecule has 0 saturated heterocycles. The Balaban J connectivity index is -0.000000144. The Hall–Kier alpha value is 0.548. The van der Waals surface area contributed by atoms with Gasteiger partial charge in [0.1, 0.15) is 0 Å². The van der Waals surface area contributed by atoms with E-state index in [1.165, 1.54) is 0 Å². The Bertz CT molecular complexity index is 208. The van der Waals surface area contributed by atoms with Crippen molar-refractivity contribution in [2.75, 3.05) is 56.4 Å². The van der Waals surface area contributed by atoms with Crippen LogP contribution in [0.15, 0.2) is 0 Å². The molecule has 0 aromatic heterocycles. The predicted molar refractivity (Wildman–Crippen MR) is 56.2 cm³/mol. The molecule has 0 rings (SSSR count). The van der Waals surface area contributed by atoms with Crippen LogP contribution in [0.1, 0.15) is 0 Å². The van der Waals surface area contributed by atoms with Crippen molar-refractivity contribution in [3.05, 3.63) is 0 Å². The number of rotatable bonds is 0. The van der Waals surface area contributed by atoms with Gasteiger partial charge in [-0.05, 0) is 0 Å². The summed E-state index contributed by atoms with van der Waals surface area (Å²) in [5, 5.41) is 0. The van der Waals surface area contributed by atoms with E-state index in [9.17, 15) is 0 Å². The Kier molecular flexibility index (Phi) is 10.8. The molecule has 5 nitrogen and oxygen atoms in total. The third-order valence-electron chi connectivity index (χ3n) is 0. The maximum atomic E-state index is 9.00. The molecule has 0 fully saturated rings. The molecule has 0 aromatic rings. The van der Waals surface area contributed by atoms with Crippen LogP contribution in [0, 0.1) is 0 Å². The molecule has 15 heavy (non-hydrogen) atoms. The first-order valence-corrected chi connectivity index (χ1v) is 9.49. The molecule has 0 aliphatic rings. The minimum absolute atomic E-state index is 1.00. The zero-order chi connectivity index (χ0) is 13.5. The van der Waals surface area contributed by atoms with E-state index in [2.05, 4.69) is 66.2 Å². The van der Waals surface area contributed by atoms with Crippen LogP contribution < -0.4 is 7.52 Å². The second-order valence-electron chi connectivity index (χ2n) is 5.77. The third-order valence-corrected chi connectivity index (χ3v) is 0. The van der Waals surface area contributed by atoms with Crippen LogP contribution in [0.5, 0.6) is 0 Å². The van der Waals surface area contributed by atoms with Gasteiger partial charge in [-0.25, -0.2) is 0 Å². The fraction of sp³-hybridized carbons (Fsp3) is 1.00. The summed E-state index contributed by atoms with van der Waals surface area (Å²) < 4.78 is 29.0. The molecule has 7 heteroatoms. The van der Waals surface area contributed by atoms with E-state index in [0.717, 1.165) is 8.97 Å². The first kappa shape index (κ1) is 20.9. The molecule has 0 bridgehead atoms. The Morgan fingerprint density at radius 1 is 0.800 bits per heavy atom. The SMILES string of the molecule is C[N+](C)(C)C.C[N+](C)(C)C.[O]=[Mo]([O-])([O-])=[S]. The first-order chi connectivity index (χ1) is 6.00. The van der Waals surface area contributed by atoms with Crippen molar-refractivity contribution < 1.29 is 34.8 Å². The molecule has 0 heterocycles. The van der Waals surface area contributed by atoms with E-state index in [4.69, 9.17) is 10.9 Å². The quantitative estimate of drug-likeness (QED) is 0.415. The Morgan fingerprint density at radius 3 is 0.800 bits per heavy atom. The number of nitrogens with zero attached hydrogens (tertiary/aromatic N) is 2. The van der Waals surface area contributed by atoms with Gasteiger partial charge in [-0.3, -0.25) is 0 Å². The average molecular weight is 324 g/mol. The van der Waals surface area contributed by atoms with Gasteiger partial charge in [0.25, 0.3) is 0 Å². The predicted octanol–water partition coefficient (Wildman–Crippen LogP) is -1.21. The summed E-state index contributed by atoms with van der Waals surface area (Å²) in [6.07, 6.45) is 0. The fourth-order valence-electron chi connectivity index (χ4n) is 0. The van der Waals surface area contributed by atoms with Crippen molar-refractivity contribution >= 4 is 9.82 Å². The second kappa shape index (κ2) is 7.76. The summed E-state index contributed by atoms with van der Waals surface area (Å²) in [6.45, 7) is 0. The van der Waals surface area contributed by atoms with Crippen molar-refractivity contribution in [1.29, 1.82) is 0 Å². The van der Waals surface area contributed by atoms with Crippen molar-refractivity contribution in [3.8, 4) is 0 Å². The standard InChI is InChI=1S/2C4H12N.Mo.3O.S/c2*1-5(2,3)4;;;;;/h2*1-4H3;;;;;/q2*+1;;;2*-1;. The van der Waals surface area contributed by atoms with Gasteiger partial charge in [-0.1, -0.05) is 0 Å². The normalized spacial score (nSPS) is 11.9. The number of quaternary nitrogens is 2. The van der Waals surface area contributed by atoms with Gasteiger partial charge < -0.3 is 8.97 Å². The summed E-state index contributed by atoms with van der Waals surface area (Å²) in [5.74, 6) is 0. The Labute approximate surface area is 101 Å². The van der Waals surface area contributed by atoms with Crippen LogP contribution in [0.4, 0.5) is 0 Å². The molecule has 0 amide bonds. The topological polar surface area (TPSA) is 63.2 Å². The van der Waals surface area contributed by atoms with E-state index in [1.54, 1.807) is 0 Å². The first-order valence-electron chi connectivity index (χ1n) is 4.24. The van der Waals surface area contributed by atoms with E-state index in [-0.39, 0.29) is 0 Å². The fourth-order valence-corrected chi connectivity index (χ4v) is 0. The van der Waals surface area contributed by atoms with Gasteiger partial charge >= 0.3 is 35.7 Å². The molecule has 0 unspecified atom stereocenters. The summed E-state index contributed by atoms with van der Waals surface area (Å²) in [4.78, 5) is 0. The average Bonchev–Trinajstić information content (AvgIpc) is 1.41. The van der Waals surface area contributed by atoms with E-state index >= 15 is 0 Å².